The normalized spacial score (nSPS) is 20.9. The zero-order chi connectivity index (χ0) is 14.9. The van der Waals surface area contributed by atoms with Crippen LogP contribution in [0.15, 0.2) is 28.1 Å². The quantitative estimate of drug-likeness (QED) is 0.486. The van der Waals surface area contributed by atoms with Gasteiger partial charge in [-0.2, -0.15) is 0 Å². The van der Waals surface area contributed by atoms with Crippen molar-refractivity contribution in [1.82, 2.24) is 15.1 Å². The molecular weight excluding hydrogens is 290 g/mol. The molecule has 1 aliphatic rings. The number of carbonyl (C=O) groups is 1. The highest BCUT2D eigenvalue weighted by atomic mass is 32.2. The van der Waals surface area contributed by atoms with E-state index < -0.39 is 5.41 Å². The molecule has 3 rings (SSSR count). The summed E-state index contributed by atoms with van der Waals surface area (Å²) in [5.74, 6) is 0.564. The minimum Gasteiger partial charge on any atom is -0.468 e. The maximum Gasteiger partial charge on any atom is 0.318 e. The Balaban J connectivity index is 2.08. The zero-order valence-electron chi connectivity index (χ0n) is 11.8. The first kappa shape index (κ1) is 14.1. The lowest BCUT2D eigenvalue weighted by Crippen LogP contribution is -2.42. The van der Waals surface area contributed by atoms with Crippen molar-refractivity contribution in [3.05, 3.63) is 35.5 Å². The maximum absolute atomic E-state index is 12.5. The van der Waals surface area contributed by atoms with Crippen LogP contribution < -0.4 is 0 Å². The molecule has 1 aliphatic carbocycles. The topological polar surface area (TPSA) is 78.1 Å². The van der Waals surface area contributed by atoms with Crippen LogP contribution in [0.1, 0.15) is 23.4 Å². The molecule has 21 heavy (non-hydrogen) atoms. The van der Waals surface area contributed by atoms with Gasteiger partial charge in [-0.3, -0.25) is 4.79 Å². The third-order valence-corrected chi connectivity index (χ3v) is 4.44. The van der Waals surface area contributed by atoms with E-state index in [9.17, 15) is 4.79 Å². The molecule has 0 saturated carbocycles. The number of aryl methyl sites for hydroxylation is 1. The highest BCUT2D eigenvalue weighted by Crippen LogP contribution is 2.39. The fraction of sp³-hybridized carbons (Fsp3) is 0.429. The third kappa shape index (κ3) is 2.31. The smallest absolute Gasteiger partial charge is 0.318 e. The predicted molar refractivity (Wildman–Crippen MR) is 76.0 cm³/mol. The summed E-state index contributed by atoms with van der Waals surface area (Å²) in [5, 5.41) is 4.46. The second kappa shape index (κ2) is 5.48. The Morgan fingerprint density at radius 1 is 1.52 bits per heavy atom. The Labute approximate surface area is 126 Å². The van der Waals surface area contributed by atoms with E-state index in [-0.39, 0.29) is 5.97 Å². The minimum atomic E-state index is -0.791. The second-order valence-corrected chi connectivity index (χ2v) is 5.73. The molecule has 7 heteroatoms. The van der Waals surface area contributed by atoms with Crippen LogP contribution in [0.25, 0.3) is 0 Å². The Kier molecular flexibility index (Phi) is 3.67. The number of fused-ring (bicyclic) bond motifs is 1. The maximum atomic E-state index is 12.5. The molecule has 1 unspecified atom stereocenters. The number of carbonyl (C=O) groups excluding carboxylic acids is 1. The first-order valence-electron chi connectivity index (χ1n) is 6.58. The first-order chi connectivity index (χ1) is 10.2. The average molecular weight is 305 g/mol. The molecule has 2 aromatic heterocycles. The first-order valence-corrected chi connectivity index (χ1v) is 7.80. The van der Waals surface area contributed by atoms with Gasteiger partial charge in [-0.1, -0.05) is 16.9 Å². The van der Waals surface area contributed by atoms with E-state index in [4.69, 9.17) is 9.26 Å². The highest BCUT2D eigenvalue weighted by molar-refractivity contribution is 7.98. The van der Waals surface area contributed by atoms with Crippen molar-refractivity contribution < 1.29 is 14.1 Å². The van der Waals surface area contributed by atoms with Gasteiger partial charge in [-0.15, -0.1) is 0 Å². The van der Waals surface area contributed by atoms with Crippen molar-refractivity contribution in [1.29, 1.82) is 0 Å². The van der Waals surface area contributed by atoms with Crippen molar-refractivity contribution in [3.63, 3.8) is 0 Å². The van der Waals surface area contributed by atoms with E-state index in [2.05, 4.69) is 15.1 Å². The molecule has 0 N–H and O–H groups in total. The summed E-state index contributed by atoms with van der Waals surface area (Å²) in [7, 11) is 1.41. The fourth-order valence-corrected chi connectivity index (χ4v) is 3.13. The molecule has 0 bridgehead atoms. The monoisotopic (exact) mass is 305 g/mol. The Hall–Kier alpha value is -1.89. The van der Waals surface area contributed by atoms with Gasteiger partial charge in [-0.25, -0.2) is 9.97 Å². The summed E-state index contributed by atoms with van der Waals surface area (Å²) in [6.07, 6.45) is 6.98. The molecule has 1 atom stereocenters. The van der Waals surface area contributed by atoms with Gasteiger partial charge < -0.3 is 9.26 Å². The van der Waals surface area contributed by atoms with E-state index >= 15 is 0 Å². The number of thioether (sulfide) groups is 1. The van der Waals surface area contributed by atoms with Crippen molar-refractivity contribution in [2.45, 2.75) is 29.8 Å². The number of hydrogen-bond acceptors (Lipinski definition) is 7. The lowest BCUT2D eigenvalue weighted by molar-refractivity contribution is -0.148. The van der Waals surface area contributed by atoms with Crippen LogP contribution in [0, 0.1) is 0 Å². The van der Waals surface area contributed by atoms with Crippen LogP contribution in [0.3, 0.4) is 0 Å². The third-order valence-electron chi connectivity index (χ3n) is 3.88. The summed E-state index contributed by atoms with van der Waals surface area (Å²) in [4.78, 5) is 21.2. The molecule has 0 aliphatic heterocycles. The molecule has 0 spiro atoms. The molecule has 110 valence electrons. The molecule has 0 fully saturated rings. The van der Waals surface area contributed by atoms with E-state index in [0.717, 1.165) is 11.3 Å². The molecule has 6 nitrogen and oxygen atoms in total. The predicted octanol–water partition coefficient (Wildman–Crippen LogP) is 1.79. The second-order valence-electron chi connectivity index (χ2n) is 4.95. The van der Waals surface area contributed by atoms with Gasteiger partial charge in [0.05, 0.1) is 19.0 Å². The van der Waals surface area contributed by atoms with Crippen LogP contribution in [-0.2, 0) is 27.8 Å². The van der Waals surface area contributed by atoms with Crippen LogP contribution >= 0.6 is 11.8 Å². The van der Waals surface area contributed by atoms with Crippen LogP contribution in [0.5, 0.6) is 0 Å². The molecule has 0 amide bonds. The molecule has 0 aromatic carbocycles. The number of hydrogen-bond donors (Lipinski definition) is 0. The van der Waals surface area contributed by atoms with E-state index in [1.54, 1.807) is 18.5 Å². The van der Waals surface area contributed by atoms with Crippen molar-refractivity contribution >= 4 is 17.7 Å². The van der Waals surface area contributed by atoms with E-state index in [1.165, 1.54) is 18.9 Å². The fourth-order valence-electron chi connectivity index (χ4n) is 2.77. The molecule has 2 aromatic rings. The van der Waals surface area contributed by atoms with Gasteiger partial charge in [0, 0.05) is 18.2 Å². The van der Waals surface area contributed by atoms with Gasteiger partial charge >= 0.3 is 5.97 Å². The number of nitrogens with zero attached hydrogens (tertiary/aromatic N) is 3. The van der Waals surface area contributed by atoms with Gasteiger partial charge in [0.25, 0.3) is 0 Å². The largest absolute Gasteiger partial charge is 0.468 e. The van der Waals surface area contributed by atoms with E-state index in [0.29, 0.717) is 30.1 Å². The highest BCUT2D eigenvalue weighted by Gasteiger charge is 2.46. The summed E-state index contributed by atoms with van der Waals surface area (Å²) in [5.41, 5.74) is 0.845. The van der Waals surface area contributed by atoms with Crippen molar-refractivity contribution in [2.75, 3.05) is 13.4 Å². The summed E-state index contributed by atoms with van der Waals surface area (Å²) >= 11 is 1.45. The molecule has 0 saturated heterocycles. The number of rotatable bonds is 3. The van der Waals surface area contributed by atoms with Crippen molar-refractivity contribution in [2.24, 2.45) is 0 Å². The molecule has 0 radical (unpaired) electrons. The SMILES string of the molecule is COC(=O)C1(c2ccnc(SC)n2)CCc2oncc2C1. The minimum absolute atomic E-state index is 0.278. The Bertz CT molecular complexity index is 673. The summed E-state index contributed by atoms with van der Waals surface area (Å²) < 4.78 is 10.3. The average Bonchev–Trinajstić information content (AvgIpc) is 3.01. The van der Waals surface area contributed by atoms with Gasteiger partial charge in [-0.05, 0) is 25.2 Å². The van der Waals surface area contributed by atoms with Crippen LogP contribution in [0.2, 0.25) is 0 Å². The lowest BCUT2D eigenvalue weighted by atomic mass is 9.71. The number of ether oxygens (including phenoxy) is 1. The summed E-state index contributed by atoms with van der Waals surface area (Å²) in [6, 6.07) is 1.79. The van der Waals surface area contributed by atoms with Gasteiger partial charge in [0.1, 0.15) is 11.2 Å². The zero-order valence-corrected chi connectivity index (χ0v) is 12.6. The number of esters is 1. The Morgan fingerprint density at radius 2 is 2.38 bits per heavy atom. The van der Waals surface area contributed by atoms with Crippen molar-refractivity contribution in [3.8, 4) is 0 Å². The summed E-state index contributed by atoms with van der Waals surface area (Å²) in [6.45, 7) is 0. The lowest BCUT2D eigenvalue weighted by Gasteiger charge is -2.32. The van der Waals surface area contributed by atoms with Crippen LogP contribution in [0.4, 0.5) is 0 Å². The van der Waals surface area contributed by atoms with Gasteiger partial charge in [0.2, 0.25) is 0 Å². The molecular formula is C14H15N3O3S. The molecule has 2 heterocycles. The number of methoxy groups -OCH3 is 1. The standard InChI is InChI=1S/C14H15N3O3S/c1-19-12(18)14(11-4-6-15-13(17-11)21-2)5-3-10-9(7-14)8-16-20-10/h4,6,8H,3,5,7H2,1-2H3. The Morgan fingerprint density at radius 3 is 3.14 bits per heavy atom. The van der Waals surface area contributed by atoms with E-state index in [1.807, 2.05) is 6.26 Å². The number of aromatic nitrogens is 3. The van der Waals surface area contributed by atoms with Gasteiger partial charge in [0.15, 0.2) is 5.16 Å². The van der Waals surface area contributed by atoms with Crippen LogP contribution in [-0.4, -0.2) is 34.5 Å².